The smallest absolute Gasteiger partial charge is 0.256 e. The highest BCUT2D eigenvalue weighted by atomic mass is 16.1. The first-order chi connectivity index (χ1) is 13.7. The van der Waals surface area contributed by atoms with Crippen LogP contribution in [0.2, 0.25) is 0 Å². The first-order valence-electron chi connectivity index (χ1n) is 9.96. The van der Waals surface area contributed by atoms with Gasteiger partial charge < -0.3 is 10.2 Å². The highest BCUT2D eigenvalue weighted by molar-refractivity contribution is 6.09. The molecule has 0 atom stereocenters. The minimum Gasteiger partial charge on any atom is -0.377 e. The second kappa shape index (κ2) is 8.12. The summed E-state index contributed by atoms with van der Waals surface area (Å²) < 4.78 is 0. The molecule has 0 saturated carbocycles. The largest absolute Gasteiger partial charge is 0.377 e. The Morgan fingerprint density at radius 2 is 1.31 bits per heavy atom. The second-order valence-electron chi connectivity index (χ2n) is 8.09. The Morgan fingerprint density at radius 3 is 1.90 bits per heavy atom. The highest BCUT2D eigenvalue weighted by Crippen LogP contribution is 2.40. The normalized spacial score (nSPS) is 10.7. The average Bonchev–Trinajstić information content (AvgIpc) is 2.61. The zero-order valence-corrected chi connectivity index (χ0v) is 18.5. The van der Waals surface area contributed by atoms with Gasteiger partial charge in [0, 0.05) is 42.2 Å². The van der Waals surface area contributed by atoms with E-state index >= 15 is 0 Å². The van der Waals surface area contributed by atoms with Crippen molar-refractivity contribution in [2.45, 2.75) is 34.6 Å². The van der Waals surface area contributed by atoms with Crippen LogP contribution in [0.4, 0.5) is 11.4 Å². The van der Waals surface area contributed by atoms with E-state index in [1.165, 1.54) is 11.1 Å². The van der Waals surface area contributed by atoms with Crippen molar-refractivity contribution in [2.24, 2.45) is 0 Å². The molecule has 0 bridgehead atoms. The van der Waals surface area contributed by atoms with Gasteiger partial charge in [0.25, 0.3) is 5.91 Å². The molecule has 0 aliphatic heterocycles. The van der Waals surface area contributed by atoms with E-state index in [9.17, 15) is 4.79 Å². The molecule has 3 rings (SSSR count). The lowest BCUT2D eigenvalue weighted by atomic mass is 9.92. The van der Waals surface area contributed by atoms with Crippen molar-refractivity contribution in [3.63, 3.8) is 0 Å². The molecular weight excluding hydrogens is 356 g/mol. The maximum absolute atomic E-state index is 13.2. The summed E-state index contributed by atoms with van der Waals surface area (Å²) in [5, 5.41) is 3.20. The van der Waals surface area contributed by atoms with Crippen LogP contribution in [0.1, 0.15) is 38.2 Å². The van der Waals surface area contributed by atoms with E-state index in [1.807, 2.05) is 40.1 Å². The molecule has 0 aliphatic carbocycles. The van der Waals surface area contributed by atoms with Gasteiger partial charge in [-0.1, -0.05) is 42.0 Å². The molecule has 3 aromatic rings. The van der Waals surface area contributed by atoms with Gasteiger partial charge in [0.15, 0.2) is 0 Å². The number of carbonyl (C=O) groups excluding carboxylic acids is 1. The molecule has 1 amide bonds. The summed E-state index contributed by atoms with van der Waals surface area (Å²) in [6.45, 7) is 10.3. The average molecular weight is 387 g/mol. The van der Waals surface area contributed by atoms with Crippen molar-refractivity contribution in [3.05, 3.63) is 81.9 Å². The zero-order chi connectivity index (χ0) is 21.3. The van der Waals surface area contributed by atoms with Gasteiger partial charge in [0.05, 0.1) is 0 Å². The molecule has 0 radical (unpaired) electrons. The van der Waals surface area contributed by atoms with E-state index in [0.29, 0.717) is 0 Å². The monoisotopic (exact) mass is 386 g/mol. The van der Waals surface area contributed by atoms with Crippen LogP contribution in [0, 0.1) is 34.6 Å². The number of nitrogens with zero attached hydrogens (tertiary/aromatic N) is 1. The molecule has 0 unspecified atom stereocenters. The van der Waals surface area contributed by atoms with Gasteiger partial charge >= 0.3 is 0 Å². The number of benzene rings is 3. The summed E-state index contributed by atoms with van der Waals surface area (Å²) in [5.74, 6) is -0.0631. The minimum absolute atomic E-state index is 0.0631. The lowest BCUT2D eigenvalue weighted by Crippen LogP contribution is -2.17. The van der Waals surface area contributed by atoms with E-state index in [4.69, 9.17) is 0 Å². The SMILES string of the molecule is Cc1cc(C)c(C(=O)Nc2cccc(C)c2-c2c(C)cccc2N(C)C)c(C)c1. The predicted molar refractivity (Wildman–Crippen MR) is 124 cm³/mol. The van der Waals surface area contributed by atoms with Crippen molar-refractivity contribution in [1.29, 1.82) is 0 Å². The Balaban J connectivity index is 2.14. The second-order valence-corrected chi connectivity index (χ2v) is 8.09. The summed E-state index contributed by atoms with van der Waals surface area (Å²) in [6, 6.07) is 16.5. The van der Waals surface area contributed by atoms with Crippen molar-refractivity contribution in [3.8, 4) is 11.1 Å². The predicted octanol–water partition coefficient (Wildman–Crippen LogP) is 6.21. The number of amides is 1. The van der Waals surface area contributed by atoms with Crippen LogP contribution in [0.15, 0.2) is 48.5 Å². The zero-order valence-electron chi connectivity index (χ0n) is 18.5. The van der Waals surface area contributed by atoms with E-state index in [2.05, 4.69) is 67.4 Å². The molecule has 3 heteroatoms. The van der Waals surface area contributed by atoms with Crippen molar-refractivity contribution < 1.29 is 4.79 Å². The van der Waals surface area contributed by atoms with Crippen molar-refractivity contribution in [1.82, 2.24) is 0 Å². The maximum Gasteiger partial charge on any atom is 0.256 e. The van der Waals surface area contributed by atoms with Crippen LogP contribution >= 0.6 is 0 Å². The molecule has 1 N–H and O–H groups in total. The van der Waals surface area contributed by atoms with Crippen molar-refractivity contribution >= 4 is 17.3 Å². The highest BCUT2D eigenvalue weighted by Gasteiger charge is 2.19. The first kappa shape index (κ1) is 20.7. The van der Waals surface area contributed by atoms with Gasteiger partial charge in [0.1, 0.15) is 0 Å². The number of hydrogen-bond donors (Lipinski definition) is 1. The topological polar surface area (TPSA) is 32.3 Å². The Morgan fingerprint density at radius 1 is 0.759 bits per heavy atom. The standard InChI is InChI=1S/C26H30N2O/c1-16-14-19(4)23(20(5)15-16)26(29)27-21-12-8-10-17(2)24(21)25-18(3)11-9-13-22(25)28(6)7/h8-15H,1-7H3,(H,27,29). The number of aryl methyl sites for hydroxylation is 5. The number of carbonyl (C=O) groups is 1. The van der Waals surface area contributed by atoms with E-state index < -0.39 is 0 Å². The molecule has 0 fully saturated rings. The van der Waals surface area contributed by atoms with Crippen LogP contribution in [0.5, 0.6) is 0 Å². The van der Waals surface area contributed by atoms with Gasteiger partial charge in [-0.15, -0.1) is 0 Å². The summed E-state index contributed by atoms with van der Waals surface area (Å²) in [5.41, 5.74) is 10.4. The fourth-order valence-electron chi connectivity index (χ4n) is 4.18. The molecule has 0 aromatic heterocycles. The maximum atomic E-state index is 13.2. The van der Waals surface area contributed by atoms with Crippen LogP contribution in [0.3, 0.4) is 0 Å². The third kappa shape index (κ3) is 4.04. The molecule has 29 heavy (non-hydrogen) atoms. The molecule has 3 nitrogen and oxygen atoms in total. The Labute approximate surface area is 174 Å². The lowest BCUT2D eigenvalue weighted by Gasteiger charge is -2.23. The van der Waals surface area contributed by atoms with Crippen LogP contribution in [-0.4, -0.2) is 20.0 Å². The number of rotatable bonds is 4. The first-order valence-corrected chi connectivity index (χ1v) is 9.96. The molecular formula is C26H30N2O. The minimum atomic E-state index is -0.0631. The van der Waals surface area contributed by atoms with Crippen LogP contribution in [0.25, 0.3) is 11.1 Å². The van der Waals surface area contributed by atoms with E-state index in [1.54, 1.807) is 0 Å². The fourth-order valence-corrected chi connectivity index (χ4v) is 4.18. The van der Waals surface area contributed by atoms with E-state index in [0.717, 1.165) is 44.8 Å². The summed E-state index contributed by atoms with van der Waals surface area (Å²) >= 11 is 0. The number of nitrogens with one attached hydrogen (secondary N) is 1. The van der Waals surface area contributed by atoms with Gasteiger partial charge in [-0.3, -0.25) is 4.79 Å². The van der Waals surface area contributed by atoms with E-state index in [-0.39, 0.29) is 5.91 Å². The molecule has 0 aliphatic rings. The van der Waals surface area contributed by atoms with Gasteiger partial charge in [-0.05, 0) is 69.0 Å². The van der Waals surface area contributed by atoms with Crippen molar-refractivity contribution in [2.75, 3.05) is 24.3 Å². The molecule has 150 valence electrons. The summed E-state index contributed by atoms with van der Waals surface area (Å²) in [7, 11) is 4.10. The van der Waals surface area contributed by atoms with Crippen LogP contribution < -0.4 is 10.2 Å². The molecule has 3 aromatic carbocycles. The Bertz CT molecular complexity index is 1060. The number of hydrogen-bond acceptors (Lipinski definition) is 2. The van der Waals surface area contributed by atoms with Gasteiger partial charge in [-0.25, -0.2) is 0 Å². The lowest BCUT2D eigenvalue weighted by molar-refractivity contribution is 0.102. The third-order valence-corrected chi connectivity index (χ3v) is 5.41. The van der Waals surface area contributed by atoms with Gasteiger partial charge in [0.2, 0.25) is 0 Å². The summed E-state index contributed by atoms with van der Waals surface area (Å²) in [6.07, 6.45) is 0. The number of anilines is 2. The third-order valence-electron chi connectivity index (χ3n) is 5.41. The molecule has 0 heterocycles. The quantitative estimate of drug-likeness (QED) is 0.578. The molecule has 0 saturated heterocycles. The molecule has 0 spiro atoms. The van der Waals surface area contributed by atoms with Crippen LogP contribution in [-0.2, 0) is 0 Å². The summed E-state index contributed by atoms with van der Waals surface area (Å²) in [4.78, 5) is 15.4. The van der Waals surface area contributed by atoms with Gasteiger partial charge in [-0.2, -0.15) is 0 Å². The Kier molecular flexibility index (Phi) is 5.78. The Hall–Kier alpha value is -3.07. The fraction of sp³-hybridized carbons (Fsp3) is 0.269.